The molecule has 1 aliphatic carbocycles. The molecule has 2 aromatic carbocycles. The van der Waals surface area contributed by atoms with Gasteiger partial charge in [0.2, 0.25) is 0 Å². The van der Waals surface area contributed by atoms with E-state index < -0.39 is 0 Å². The quantitative estimate of drug-likeness (QED) is 0.928. The second kappa shape index (κ2) is 5.52. The van der Waals surface area contributed by atoms with Crippen LogP contribution in [0.3, 0.4) is 0 Å². The molecule has 1 aliphatic rings. The highest BCUT2D eigenvalue weighted by atomic mass is 16.5. The maximum atomic E-state index is 10.1. The van der Waals surface area contributed by atoms with Crippen molar-refractivity contribution in [3.05, 3.63) is 53.1 Å². The molecular formula is C18H18O3. The number of fused-ring (bicyclic) bond motifs is 1. The summed E-state index contributed by atoms with van der Waals surface area (Å²) >= 11 is 0. The Morgan fingerprint density at radius 2 is 1.71 bits per heavy atom. The van der Waals surface area contributed by atoms with Gasteiger partial charge in [-0.3, -0.25) is 0 Å². The molecular weight excluding hydrogens is 264 g/mol. The van der Waals surface area contributed by atoms with Crippen LogP contribution in [0.4, 0.5) is 0 Å². The molecule has 0 bridgehead atoms. The third kappa shape index (κ3) is 2.59. The minimum atomic E-state index is 0.353. The zero-order chi connectivity index (χ0) is 14.8. The lowest BCUT2D eigenvalue weighted by Gasteiger charge is -2.08. The fourth-order valence-electron chi connectivity index (χ4n) is 2.82. The lowest BCUT2D eigenvalue weighted by atomic mass is 10.0. The molecule has 1 N–H and O–H groups in total. The van der Waals surface area contributed by atoms with Gasteiger partial charge >= 0.3 is 0 Å². The van der Waals surface area contributed by atoms with Gasteiger partial charge in [0, 0.05) is 11.6 Å². The van der Waals surface area contributed by atoms with Crippen LogP contribution in [0.5, 0.6) is 17.2 Å². The monoisotopic (exact) mass is 282 g/mol. The molecule has 0 fully saturated rings. The molecule has 3 heteroatoms. The molecule has 0 amide bonds. The Labute approximate surface area is 124 Å². The molecule has 108 valence electrons. The highest BCUT2D eigenvalue weighted by molar-refractivity contribution is 5.88. The summed E-state index contributed by atoms with van der Waals surface area (Å²) in [4.78, 5) is 0. The van der Waals surface area contributed by atoms with Gasteiger partial charge in [0.05, 0.1) is 14.2 Å². The van der Waals surface area contributed by atoms with Crippen molar-refractivity contribution in [1.82, 2.24) is 0 Å². The van der Waals surface area contributed by atoms with Gasteiger partial charge < -0.3 is 14.6 Å². The third-order valence-electron chi connectivity index (χ3n) is 3.83. The van der Waals surface area contributed by atoms with E-state index in [0.29, 0.717) is 5.75 Å². The number of ether oxygens (including phenoxy) is 2. The predicted molar refractivity (Wildman–Crippen MR) is 83.8 cm³/mol. The molecule has 3 rings (SSSR count). The summed E-state index contributed by atoms with van der Waals surface area (Å²) in [6.45, 7) is 0. The van der Waals surface area contributed by atoms with Gasteiger partial charge in [-0.25, -0.2) is 0 Å². The Balaban J connectivity index is 2.05. The molecule has 21 heavy (non-hydrogen) atoms. The summed E-state index contributed by atoms with van der Waals surface area (Å²) in [6, 6.07) is 11.5. The van der Waals surface area contributed by atoms with Crippen LogP contribution in [0.2, 0.25) is 0 Å². The SMILES string of the molecule is COc1cc(C=C2CCc3cccc(O)c32)cc(OC)c1. The summed E-state index contributed by atoms with van der Waals surface area (Å²) < 4.78 is 10.6. The molecule has 0 radical (unpaired) electrons. The van der Waals surface area contributed by atoms with Gasteiger partial charge in [0.15, 0.2) is 0 Å². The van der Waals surface area contributed by atoms with E-state index >= 15 is 0 Å². The largest absolute Gasteiger partial charge is 0.507 e. The van der Waals surface area contributed by atoms with Crippen molar-refractivity contribution in [2.24, 2.45) is 0 Å². The first-order valence-electron chi connectivity index (χ1n) is 6.96. The normalized spacial score (nSPS) is 15.0. The second-order valence-electron chi connectivity index (χ2n) is 5.13. The topological polar surface area (TPSA) is 38.7 Å². The maximum absolute atomic E-state index is 10.1. The number of rotatable bonds is 3. The van der Waals surface area contributed by atoms with Gasteiger partial charge in [0.25, 0.3) is 0 Å². The van der Waals surface area contributed by atoms with Gasteiger partial charge in [-0.05, 0) is 47.7 Å². The van der Waals surface area contributed by atoms with Crippen molar-refractivity contribution in [3.8, 4) is 17.2 Å². The first kappa shape index (κ1) is 13.6. The minimum absolute atomic E-state index is 0.353. The minimum Gasteiger partial charge on any atom is -0.507 e. The van der Waals surface area contributed by atoms with Gasteiger partial charge in [-0.15, -0.1) is 0 Å². The van der Waals surface area contributed by atoms with Crippen LogP contribution in [-0.4, -0.2) is 19.3 Å². The summed E-state index contributed by atoms with van der Waals surface area (Å²) in [5, 5.41) is 10.1. The van der Waals surface area contributed by atoms with Crippen LogP contribution in [0.1, 0.15) is 23.1 Å². The number of aromatic hydroxyl groups is 1. The first-order valence-corrected chi connectivity index (χ1v) is 6.96. The number of methoxy groups -OCH3 is 2. The van der Waals surface area contributed by atoms with Crippen molar-refractivity contribution < 1.29 is 14.6 Å². The van der Waals surface area contributed by atoms with Crippen LogP contribution in [0.15, 0.2) is 36.4 Å². The molecule has 0 unspecified atom stereocenters. The Kier molecular flexibility index (Phi) is 3.57. The number of aryl methyl sites for hydroxylation is 1. The zero-order valence-corrected chi connectivity index (χ0v) is 12.2. The molecule has 0 heterocycles. The summed E-state index contributed by atoms with van der Waals surface area (Å²) in [5.41, 5.74) is 4.34. The molecule has 0 atom stereocenters. The van der Waals surface area contributed by atoms with E-state index in [1.54, 1.807) is 20.3 Å². The van der Waals surface area contributed by atoms with E-state index in [1.807, 2.05) is 24.3 Å². The number of phenols is 1. The Hall–Kier alpha value is -2.42. The molecule has 0 saturated heterocycles. The zero-order valence-electron chi connectivity index (χ0n) is 12.2. The number of allylic oxidation sites excluding steroid dienone is 1. The Bertz CT molecular complexity index is 679. The molecule has 2 aromatic rings. The van der Waals surface area contributed by atoms with E-state index in [4.69, 9.17) is 9.47 Å². The lowest BCUT2D eigenvalue weighted by Crippen LogP contribution is -1.89. The van der Waals surface area contributed by atoms with Crippen LogP contribution in [0, 0.1) is 0 Å². The third-order valence-corrected chi connectivity index (χ3v) is 3.83. The molecule has 3 nitrogen and oxygen atoms in total. The standard InChI is InChI=1S/C18H18O3/c1-20-15-9-12(10-16(11-15)21-2)8-14-7-6-13-4-3-5-17(19)18(13)14/h3-5,8-11,19H,6-7H2,1-2H3. The van der Waals surface area contributed by atoms with Gasteiger partial charge in [-0.2, -0.15) is 0 Å². The highest BCUT2D eigenvalue weighted by Crippen LogP contribution is 2.39. The maximum Gasteiger partial charge on any atom is 0.123 e. The van der Waals surface area contributed by atoms with Crippen molar-refractivity contribution in [1.29, 1.82) is 0 Å². The molecule has 0 aromatic heterocycles. The van der Waals surface area contributed by atoms with Crippen molar-refractivity contribution in [3.63, 3.8) is 0 Å². The fourth-order valence-corrected chi connectivity index (χ4v) is 2.82. The summed E-state index contributed by atoms with van der Waals surface area (Å²) in [7, 11) is 3.28. The van der Waals surface area contributed by atoms with E-state index in [-0.39, 0.29) is 0 Å². The van der Waals surface area contributed by atoms with E-state index in [0.717, 1.165) is 41.0 Å². The lowest BCUT2D eigenvalue weighted by molar-refractivity contribution is 0.394. The van der Waals surface area contributed by atoms with Crippen LogP contribution < -0.4 is 9.47 Å². The molecule has 0 saturated carbocycles. The van der Waals surface area contributed by atoms with Gasteiger partial charge in [-0.1, -0.05) is 18.2 Å². The van der Waals surface area contributed by atoms with Crippen molar-refractivity contribution in [2.75, 3.05) is 14.2 Å². The molecule has 0 aliphatic heterocycles. The van der Waals surface area contributed by atoms with Crippen molar-refractivity contribution in [2.45, 2.75) is 12.8 Å². The first-order chi connectivity index (χ1) is 10.2. The number of hydrogen-bond donors (Lipinski definition) is 1. The summed E-state index contributed by atoms with van der Waals surface area (Å²) in [6.07, 6.45) is 4.00. The van der Waals surface area contributed by atoms with E-state index in [9.17, 15) is 5.11 Å². The van der Waals surface area contributed by atoms with E-state index in [1.165, 1.54) is 5.56 Å². The van der Waals surface area contributed by atoms with Gasteiger partial charge in [0.1, 0.15) is 17.2 Å². The highest BCUT2D eigenvalue weighted by Gasteiger charge is 2.19. The predicted octanol–water partition coefficient (Wildman–Crippen LogP) is 3.90. The van der Waals surface area contributed by atoms with Crippen LogP contribution >= 0.6 is 0 Å². The second-order valence-corrected chi connectivity index (χ2v) is 5.13. The van der Waals surface area contributed by atoms with E-state index in [2.05, 4.69) is 12.1 Å². The average molecular weight is 282 g/mol. The average Bonchev–Trinajstić information content (AvgIpc) is 2.91. The van der Waals surface area contributed by atoms with Crippen molar-refractivity contribution >= 4 is 11.6 Å². The number of benzene rings is 2. The number of hydrogen-bond acceptors (Lipinski definition) is 3. The molecule has 0 spiro atoms. The Morgan fingerprint density at radius 3 is 2.38 bits per heavy atom. The summed E-state index contributed by atoms with van der Waals surface area (Å²) in [5.74, 6) is 1.87. The van der Waals surface area contributed by atoms with Crippen LogP contribution in [0.25, 0.3) is 11.6 Å². The smallest absolute Gasteiger partial charge is 0.123 e. The van der Waals surface area contributed by atoms with Crippen LogP contribution in [-0.2, 0) is 6.42 Å². The number of phenolic OH excluding ortho intramolecular Hbond substituents is 1. The Morgan fingerprint density at radius 1 is 1.00 bits per heavy atom. The fraction of sp³-hybridized carbons (Fsp3) is 0.222.